The van der Waals surface area contributed by atoms with Crippen molar-refractivity contribution in [3.8, 4) is 66.8 Å². The number of hydrogen-bond acceptors (Lipinski definition) is 6. The van der Waals surface area contributed by atoms with Crippen LogP contribution in [0.15, 0.2) is 182 Å². The fourth-order valence-corrected chi connectivity index (χ4v) is 9.02. The normalized spacial score (nSPS) is 11.1. The molecule has 0 saturated heterocycles. The largest absolute Gasteiger partial charge is 0.298 e. The zero-order chi connectivity index (χ0) is 45.3. The van der Waals surface area contributed by atoms with Crippen molar-refractivity contribution in [2.24, 2.45) is 0 Å². The summed E-state index contributed by atoms with van der Waals surface area (Å²) in [5, 5.41) is 5.75. The van der Waals surface area contributed by atoms with Crippen molar-refractivity contribution in [1.82, 2.24) is 0 Å². The zero-order valence-corrected chi connectivity index (χ0v) is 35.2. The highest BCUT2D eigenvalue weighted by Crippen LogP contribution is 2.48. The minimum atomic E-state index is 0.553. The van der Waals surface area contributed by atoms with Crippen LogP contribution in [0, 0.1) is 0 Å². The lowest BCUT2D eigenvalue weighted by atomic mass is 9.82. The maximum atomic E-state index is 11.8. The highest BCUT2D eigenvalue weighted by Gasteiger charge is 2.21. The van der Waals surface area contributed by atoms with E-state index in [9.17, 15) is 28.8 Å². The van der Waals surface area contributed by atoms with Crippen molar-refractivity contribution in [1.29, 1.82) is 0 Å². The van der Waals surface area contributed by atoms with Crippen LogP contribution >= 0.6 is 0 Å². The van der Waals surface area contributed by atoms with Gasteiger partial charge in [0.25, 0.3) is 0 Å². The van der Waals surface area contributed by atoms with Gasteiger partial charge in [0.2, 0.25) is 0 Å². The molecule has 0 amide bonds. The van der Waals surface area contributed by atoms with Gasteiger partial charge in [0, 0.05) is 33.4 Å². The molecule has 0 aliphatic heterocycles. The summed E-state index contributed by atoms with van der Waals surface area (Å²) in [6, 6.07) is 58.2. The Morgan fingerprint density at radius 2 is 0.303 bits per heavy atom. The predicted octanol–water partition coefficient (Wildman–Crippen LogP) is 14.0. The van der Waals surface area contributed by atoms with Gasteiger partial charge >= 0.3 is 0 Å². The van der Waals surface area contributed by atoms with E-state index < -0.39 is 0 Å². The van der Waals surface area contributed by atoms with Crippen LogP contribution in [0.4, 0.5) is 0 Å². The quantitative estimate of drug-likeness (QED) is 0.0896. The summed E-state index contributed by atoms with van der Waals surface area (Å²) in [5.41, 5.74) is 14.2. The second kappa shape index (κ2) is 17.3. The van der Waals surface area contributed by atoms with Crippen molar-refractivity contribution in [3.05, 3.63) is 215 Å². The predicted molar refractivity (Wildman–Crippen MR) is 264 cm³/mol. The number of carbonyl (C=O) groups excluding carboxylic acids is 6. The van der Waals surface area contributed by atoms with Gasteiger partial charge in [0.05, 0.1) is 0 Å². The second-order valence-electron chi connectivity index (χ2n) is 16.3. The van der Waals surface area contributed by atoms with Crippen LogP contribution in [0.5, 0.6) is 0 Å². The van der Waals surface area contributed by atoms with Crippen molar-refractivity contribution >= 4 is 70.0 Å². The van der Waals surface area contributed by atoms with Gasteiger partial charge in [-0.1, -0.05) is 146 Å². The first-order valence-corrected chi connectivity index (χ1v) is 21.3. The van der Waals surface area contributed by atoms with Gasteiger partial charge in [-0.2, -0.15) is 0 Å². The van der Waals surface area contributed by atoms with Crippen LogP contribution in [0.3, 0.4) is 0 Å². The van der Waals surface area contributed by atoms with Crippen LogP contribution in [0.2, 0.25) is 0 Å². The van der Waals surface area contributed by atoms with E-state index in [4.69, 9.17) is 0 Å². The number of hydrogen-bond donors (Lipinski definition) is 0. The first-order valence-electron chi connectivity index (χ1n) is 21.3. The molecule has 312 valence electrons. The first kappa shape index (κ1) is 41.0. The molecule has 0 spiro atoms. The van der Waals surface area contributed by atoms with E-state index in [2.05, 4.69) is 36.4 Å². The number of aldehydes is 6. The molecule has 6 nitrogen and oxygen atoms in total. The summed E-state index contributed by atoms with van der Waals surface area (Å²) in [4.78, 5) is 70.9. The zero-order valence-electron chi connectivity index (χ0n) is 35.2. The summed E-state index contributed by atoms with van der Waals surface area (Å²) in [6.45, 7) is 0. The SMILES string of the molecule is O=Cc1ccc(-c2cc3c4cc(-c5ccc(C=O)cc5)c(-c5ccc(C=O)cc5)cc4c4cc(-c5ccc(C=O)cc5)c(-c5ccc(C=O)cc5)cc4c3cc2-c2ccc(C=O)cc2)cc1. The number of carbonyl (C=O) groups is 6. The van der Waals surface area contributed by atoms with E-state index in [1.165, 1.54) is 0 Å². The highest BCUT2D eigenvalue weighted by molar-refractivity contribution is 6.29. The van der Waals surface area contributed by atoms with Gasteiger partial charge < -0.3 is 0 Å². The molecule has 0 aromatic heterocycles. The molecule has 0 saturated carbocycles. The van der Waals surface area contributed by atoms with Crippen LogP contribution in [0.1, 0.15) is 62.1 Å². The van der Waals surface area contributed by atoms with Gasteiger partial charge in [-0.25, -0.2) is 0 Å². The van der Waals surface area contributed by atoms with Crippen molar-refractivity contribution < 1.29 is 28.8 Å². The molecule has 0 fully saturated rings. The number of benzene rings is 10. The van der Waals surface area contributed by atoms with Crippen LogP contribution in [-0.4, -0.2) is 37.7 Å². The smallest absolute Gasteiger partial charge is 0.150 e. The molecule has 0 bridgehead atoms. The standard InChI is InChI=1S/C60H36O6/c61-31-37-1-13-43(14-2-37)49-25-55-56(26-50(49)44-15-3-38(32-62)4-16-44)58-28-52(46-19-7-40(34-64)8-20-46)54(48-23-11-42(36-66)12-24-48)30-60(58)59-29-53(47-21-9-41(35-65)10-22-47)51(27-57(55)59)45-17-5-39(33-63)6-18-45/h1-36H. The van der Waals surface area contributed by atoms with E-state index in [0.29, 0.717) is 33.4 Å². The third-order valence-corrected chi connectivity index (χ3v) is 12.5. The van der Waals surface area contributed by atoms with Crippen LogP contribution in [-0.2, 0) is 0 Å². The Kier molecular flexibility index (Phi) is 10.7. The first-order chi connectivity index (χ1) is 32.4. The Morgan fingerprint density at radius 3 is 0.409 bits per heavy atom. The van der Waals surface area contributed by atoms with Crippen molar-refractivity contribution in [2.75, 3.05) is 0 Å². The molecular formula is C60H36O6. The van der Waals surface area contributed by atoms with E-state index in [1.807, 2.05) is 72.8 Å². The monoisotopic (exact) mass is 852 g/mol. The molecule has 0 radical (unpaired) electrons. The number of fused-ring (bicyclic) bond motifs is 6. The number of rotatable bonds is 12. The summed E-state index contributed by atoms with van der Waals surface area (Å²) in [7, 11) is 0. The van der Waals surface area contributed by atoms with E-state index >= 15 is 0 Å². The fourth-order valence-electron chi connectivity index (χ4n) is 9.02. The molecule has 0 atom stereocenters. The minimum Gasteiger partial charge on any atom is -0.298 e. The summed E-state index contributed by atoms with van der Waals surface area (Å²) in [5.74, 6) is 0. The highest BCUT2D eigenvalue weighted by atomic mass is 16.1. The molecule has 10 aromatic carbocycles. The Morgan fingerprint density at radius 1 is 0.182 bits per heavy atom. The Bertz CT molecular complexity index is 2920. The van der Waals surface area contributed by atoms with E-state index in [0.717, 1.165) is 137 Å². The van der Waals surface area contributed by atoms with Crippen molar-refractivity contribution in [3.63, 3.8) is 0 Å². The Labute approximate surface area is 379 Å². The summed E-state index contributed by atoms with van der Waals surface area (Å²) in [6.07, 6.45) is 4.95. The maximum absolute atomic E-state index is 11.8. The lowest BCUT2D eigenvalue weighted by Crippen LogP contribution is -1.95. The molecular weight excluding hydrogens is 817 g/mol. The average molecular weight is 853 g/mol. The van der Waals surface area contributed by atoms with E-state index in [1.54, 1.807) is 72.8 Å². The molecule has 66 heavy (non-hydrogen) atoms. The van der Waals surface area contributed by atoms with E-state index in [-0.39, 0.29) is 0 Å². The Hall–Kier alpha value is -9.00. The molecule has 0 aliphatic rings. The second-order valence-corrected chi connectivity index (χ2v) is 16.3. The van der Waals surface area contributed by atoms with Gasteiger partial charge in [-0.05, 0) is 135 Å². The molecule has 10 rings (SSSR count). The molecule has 10 aromatic rings. The molecule has 6 heteroatoms. The molecule has 0 N–H and O–H groups in total. The molecule has 0 aliphatic carbocycles. The van der Waals surface area contributed by atoms with Crippen LogP contribution in [0.25, 0.3) is 99.1 Å². The van der Waals surface area contributed by atoms with Gasteiger partial charge in [0.15, 0.2) is 0 Å². The molecule has 0 unspecified atom stereocenters. The topological polar surface area (TPSA) is 102 Å². The average Bonchev–Trinajstić information content (AvgIpc) is 3.40. The fraction of sp³-hybridized carbons (Fsp3) is 0. The molecule has 0 heterocycles. The lowest BCUT2D eigenvalue weighted by Gasteiger charge is -2.21. The van der Waals surface area contributed by atoms with Gasteiger partial charge in [-0.15, -0.1) is 0 Å². The van der Waals surface area contributed by atoms with Gasteiger partial charge in [0.1, 0.15) is 37.7 Å². The minimum absolute atomic E-state index is 0.553. The third kappa shape index (κ3) is 7.42. The van der Waals surface area contributed by atoms with Gasteiger partial charge in [-0.3, -0.25) is 28.8 Å². The third-order valence-electron chi connectivity index (χ3n) is 12.5. The summed E-state index contributed by atoms with van der Waals surface area (Å²) < 4.78 is 0. The maximum Gasteiger partial charge on any atom is 0.150 e. The lowest BCUT2D eigenvalue weighted by molar-refractivity contribution is 0.111. The van der Waals surface area contributed by atoms with Crippen LogP contribution < -0.4 is 0 Å². The Balaban J connectivity index is 1.40. The summed E-state index contributed by atoms with van der Waals surface area (Å²) >= 11 is 0. The van der Waals surface area contributed by atoms with Crippen molar-refractivity contribution in [2.45, 2.75) is 0 Å².